The molecule has 3 rings (SSSR count). The molecule has 0 radical (unpaired) electrons. The second kappa shape index (κ2) is 7.09. The summed E-state index contributed by atoms with van der Waals surface area (Å²) in [6, 6.07) is 7.92. The average molecular weight is 420 g/mol. The molecule has 2 aromatic heterocycles. The normalized spacial score (nSPS) is 11.2. The van der Waals surface area contributed by atoms with E-state index in [4.69, 9.17) is 5.73 Å². The number of aromatic nitrogens is 2. The molecular formula is C18H18BrN3O2S. The molecule has 0 aliphatic rings. The van der Waals surface area contributed by atoms with Gasteiger partial charge in [-0.15, -0.1) is 11.3 Å². The van der Waals surface area contributed by atoms with E-state index < -0.39 is 5.91 Å². The molecule has 0 saturated heterocycles. The Morgan fingerprint density at radius 1 is 1.32 bits per heavy atom. The lowest BCUT2D eigenvalue weighted by atomic mass is 10.0. The molecule has 7 heteroatoms. The van der Waals surface area contributed by atoms with E-state index in [9.17, 15) is 9.59 Å². The van der Waals surface area contributed by atoms with Crippen LogP contribution < -0.4 is 11.3 Å². The van der Waals surface area contributed by atoms with Crippen LogP contribution >= 0.6 is 27.3 Å². The third kappa shape index (κ3) is 3.39. The summed E-state index contributed by atoms with van der Waals surface area (Å²) >= 11 is 5.00. The maximum absolute atomic E-state index is 13.1. The van der Waals surface area contributed by atoms with Crippen LogP contribution in [0.1, 0.15) is 24.0 Å². The van der Waals surface area contributed by atoms with Gasteiger partial charge in [0.1, 0.15) is 10.7 Å². The summed E-state index contributed by atoms with van der Waals surface area (Å²) in [5.74, 6) is 0.170. The summed E-state index contributed by atoms with van der Waals surface area (Å²) < 4.78 is 2.53. The number of thiophene rings is 1. The Kier molecular flexibility index (Phi) is 5.06. The first-order valence-electron chi connectivity index (χ1n) is 7.99. The second-order valence-corrected chi connectivity index (χ2v) is 7.77. The number of nitrogens with zero attached hydrogens (tertiary/aromatic N) is 2. The van der Waals surface area contributed by atoms with Crippen LogP contribution in [-0.4, -0.2) is 15.5 Å². The average Bonchev–Trinajstić information content (AvgIpc) is 2.93. The Hall–Kier alpha value is -1.99. The fourth-order valence-electron chi connectivity index (χ4n) is 2.89. The van der Waals surface area contributed by atoms with Crippen molar-refractivity contribution in [1.29, 1.82) is 0 Å². The van der Waals surface area contributed by atoms with Gasteiger partial charge in [0.25, 0.3) is 5.56 Å². The molecule has 0 atom stereocenters. The molecule has 25 heavy (non-hydrogen) atoms. The van der Waals surface area contributed by atoms with Crippen LogP contribution in [0.2, 0.25) is 0 Å². The molecule has 130 valence electrons. The molecule has 1 aromatic carbocycles. The maximum atomic E-state index is 13.1. The summed E-state index contributed by atoms with van der Waals surface area (Å²) in [5.41, 5.74) is 7.06. The lowest BCUT2D eigenvalue weighted by Gasteiger charge is -2.09. The Bertz CT molecular complexity index is 1010. The number of hydrogen-bond acceptors (Lipinski definition) is 4. The number of halogens is 1. The summed E-state index contributed by atoms with van der Waals surface area (Å²) in [4.78, 5) is 30.7. The minimum absolute atomic E-state index is 0.113. The predicted molar refractivity (Wildman–Crippen MR) is 105 cm³/mol. The van der Waals surface area contributed by atoms with Crippen LogP contribution in [0.3, 0.4) is 0 Å². The van der Waals surface area contributed by atoms with Crippen molar-refractivity contribution in [3.8, 4) is 11.1 Å². The quantitative estimate of drug-likeness (QED) is 0.685. The molecule has 0 bridgehead atoms. The van der Waals surface area contributed by atoms with E-state index in [2.05, 4.69) is 27.8 Å². The molecule has 2 heterocycles. The van der Waals surface area contributed by atoms with Crippen molar-refractivity contribution in [3.63, 3.8) is 0 Å². The van der Waals surface area contributed by atoms with Gasteiger partial charge in [-0.25, -0.2) is 4.98 Å². The number of aryl methyl sites for hydroxylation is 2. The SMILES string of the molecule is CCc1sc2nc(C)n(CCC(N)=O)c(=O)c2c1-c1ccc(Br)cc1. The molecule has 0 aliphatic carbocycles. The molecule has 5 nitrogen and oxygen atoms in total. The van der Waals surface area contributed by atoms with Gasteiger partial charge in [0.05, 0.1) is 5.39 Å². The Morgan fingerprint density at radius 3 is 2.60 bits per heavy atom. The fourth-order valence-corrected chi connectivity index (χ4v) is 4.32. The summed E-state index contributed by atoms with van der Waals surface area (Å²) in [6.07, 6.45) is 0.943. The van der Waals surface area contributed by atoms with Crippen LogP contribution in [0.25, 0.3) is 21.3 Å². The second-order valence-electron chi connectivity index (χ2n) is 5.77. The summed E-state index contributed by atoms with van der Waals surface area (Å²) in [5, 5.41) is 0.624. The largest absolute Gasteiger partial charge is 0.370 e. The number of primary amides is 1. The zero-order valence-electron chi connectivity index (χ0n) is 14.0. The van der Waals surface area contributed by atoms with E-state index in [0.29, 0.717) is 11.2 Å². The fraction of sp³-hybridized carbons (Fsp3) is 0.278. The Balaban J connectivity index is 2.28. The zero-order chi connectivity index (χ0) is 18.1. The summed E-state index contributed by atoms with van der Waals surface area (Å²) in [6.45, 7) is 4.11. The van der Waals surface area contributed by atoms with Crippen molar-refractivity contribution >= 4 is 43.4 Å². The van der Waals surface area contributed by atoms with E-state index in [-0.39, 0.29) is 18.5 Å². The molecule has 0 aliphatic heterocycles. The van der Waals surface area contributed by atoms with Crippen molar-refractivity contribution < 1.29 is 4.79 Å². The van der Waals surface area contributed by atoms with Crippen LogP contribution in [0, 0.1) is 6.92 Å². The number of carbonyl (C=O) groups excluding carboxylic acids is 1. The highest BCUT2D eigenvalue weighted by Gasteiger charge is 2.19. The van der Waals surface area contributed by atoms with Gasteiger partial charge in [0, 0.05) is 27.9 Å². The smallest absolute Gasteiger partial charge is 0.262 e. The van der Waals surface area contributed by atoms with Gasteiger partial charge in [0.2, 0.25) is 5.91 Å². The van der Waals surface area contributed by atoms with E-state index >= 15 is 0 Å². The van der Waals surface area contributed by atoms with E-state index in [1.165, 1.54) is 0 Å². The van der Waals surface area contributed by atoms with E-state index in [0.717, 1.165) is 31.7 Å². The number of fused-ring (bicyclic) bond motifs is 1. The van der Waals surface area contributed by atoms with E-state index in [1.807, 2.05) is 24.3 Å². The zero-order valence-corrected chi connectivity index (χ0v) is 16.4. The molecular weight excluding hydrogens is 402 g/mol. The van der Waals surface area contributed by atoms with E-state index in [1.54, 1.807) is 22.8 Å². The molecule has 3 aromatic rings. The van der Waals surface area contributed by atoms with Crippen molar-refractivity contribution in [2.45, 2.75) is 33.2 Å². The number of nitrogens with two attached hydrogens (primary N) is 1. The van der Waals surface area contributed by atoms with Crippen LogP contribution in [0.15, 0.2) is 33.5 Å². The summed E-state index contributed by atoms with van der Waals surface area (Å²) in [7, 11) is 0. The predicted octanol–water partition coefficient (Wildman–Crippen LogP) is 3.63. The van der Waals surface area contributed by atoms with Gasteiger partial charge in [-0.2, -0.15) is 0 Å². The molecule has 2 N–H and O–H groups in total. The van der Waals surface area contributed by atoms with Gasteiger partial charge in [-0.1, -0.05) is 35.0 Å². The third-order valence-corrected chi connectivity index (χ3v) is 5.87. The lowest BCUT2D eigenvalue weighted by Crippen LogP contribution is -2.26. The van der Waals surface area contributed by atoms with Crippen LogP contribution in [0.4, 0.5) is 0 Å². The molecule has 0 fully saturated rings. The van der Waals surface area contributed by atoms with Crippen LogP contribution in [-0.2, 0) is 17.8 Å². The van der Waals surface area contributed by atoms with Gasteiger partial charge in [-0.3, -0.25) is 14.2 Å². The number of carbonyl (C=O) groups is 1. The highest BCUT2D eigenvalue weighted by Crippen LogP contribution is 2.37. The van der Waals surface area contributed by atoms with Crippen molar-refractivity contribution in [2.75, 3.05) is 0 Å². The monoisotopic (exact) mass is 419 g/mol. The lowest BCUT2D eigenvalue weighted by molar-refractivity contribution is -0.118. The number of hydrogen-bond donors (Lipinski definition) is 1. The van der Waals surface area contributed by atoms with Crippen LogP contribution in [0.5, 0.6) is 0 Å². The maximum Gasteiger partial charge on any atom is 0.262 e. The number of benzene rings is 1. The number of amides is 1. The first-order chi connectivity index (χ1) is 11.9. The molecule has 1 amide bonds. The van der Waals surface area contributed by atoms with Crippen molar-refractivity contribution in [2.24, 2.45) is 5.73 Å². The third-order valence-electron chi connectivity index (χ3n) is 4.11. The van der Waals surface area contributed by atoms with Gasteiger partial charge in [0.15, 0.2) is 0 Å². The van der Waals surface area contributed by atoms with Gasteiger partial charge < -0.3 is 5.73 Å². The minimum atomic E-state index is -0.431. The van der Waals surface area contributed by atoms with Gasteiger partial charge >= 0.3 is 0 Å². The van der Waals surface area contributed by atoms with Gasteiger partial charge in [-0.05, 0) is 31.0 Å². The first-order valence-corrected chi connectivity index (χ1v) is 9.60. The standard InChI is InChI=1S/C18H18BrN3O2S/c1-3-13-15(11-4-6-12(19)7-5-11)16-17(25-13)21-10(2)22(18(16)24)9-8-14(20)23/h4-7H,3,8-9H2,1-2H3,(H2,20,23). The molecule has 0 saturated carbocycles. The van der Waals surface area contributed by atoms with Crippen molar-refractivity contribution in [1.82, 2.24) is 9.55 Å². The Labute approximate surface area is 157 Å². The highest BCUT2D eigenvalue weighted by atomic mass is 79.9. The molecule has 0 unspecified atom stereocenters. The van der Waals surface area contributed by atoms with Crippen molar-refractivity contribution in [3.05, 3.63) is 49.8 Å². The highest BCUT2D eigenvalue weighted by molar-refractivity contribution is 9.10. The Morgan fingerprint density at radius 2 is 2.00 bits per heavy atom. The molecule has 0 spiro atoms. The number of rotatable bonds is 5. The topological polar surface area (TPSA) is 78.0 Å². The first kappa shape index (κ1) is 17.8. The minimum Gasteiger partial charge on any atom is -0.370 e.